The number of sulfone groups is 1. The lowest BCUT2D eigenvalue weighted by Gasteiger charge is -2.11. The zero-order valence-corrected chi connectivity index (χ0v) is 16.7. The first-order chi connectivity index (χ1) is 12.7. The molecule has 0 saturated carbocycles. The average Bonchev–Trinajstić information content (AvgIpc) is 2.65. The van der Waals surface area contributed by atoms with Gasteiger partial charge in [0, 0.05) is 11.1 Å². The first kappa shape index (κ1) is 19.1. The molecule has 3 rings (SSSR count). The van der Waals surface area contributed by atoms with Gasteiger partial charge in [0.2, 0.25) is 9.84 Å². The molecule has 3 nitrogen and oxygen atoms in total. The maximum absolute atomic E-state index is 13.1. The fourth-order valence-electron chi connectivity index (χ4n) is 3.06. The lowest BCUT2D eigenvalue weighted by atomic mass is 9.97. The van der Waals surface area contributed by atoms with Crippen LogP contribution in [-0.2, 0) is 9.84 Å². The maximum Gasteiger partial charge on any atom is 0.206 e. The third-order valence-corrected chi connectivity index (χ3v) is 6.57. The molecule has 3 aromatic rings. The van der Waals surface area contributed by atoms with E-state index in [2.05, 4.69) is 0 Å². The van der Waals surface area contributed by atoms with Crippen LogP contribution in [0.5, 0.6) is 0 Å². The molecule has 0 bridgehead atoms. The Balaban J connectivity index is 2.09. The van der Waals surface area contributed by atoms with Crippen molar-refractivity contribution in [3.05, 3.63) is 94.0 Å². The van der Waals surface area contributed by atoms with Crippen molar-refractivity contribution in [2.75, 3.05) is 0 Å². The Kier molecular flexibility index (Phi) is 5.03. The Morgan fingerprint density at radius 3 is 2.07 bits per heavy atom. The van der Waals surface area contributed by atoms with E-state index in [0.717, 1.165) is 16.7 Å². The molecule has 0 radical (unpaired) electrons. The highest BCUT2D eigenvalue weighted by atomic mass is 32.2. The molecule has 0 aliphatic carbocycles. The second-order valence-corrected chi connectivity index (χ2v) is 8.87. The van der Waals surface area contributed by atoms with E-state index in [0.29, 0.717) is 16.7 Å². The molecule has 0 aliphatic heterocycles. The van der Waals surface area contributed by atoms with Gasteiger partial charge in [-0.3, -0.25) is 4.79 Å². The summed E-state index contributed by atoms with van der Waals surface area (Å²) in [4.78, 5) is 13.4. The molecule has 0 aromatic heterocycles. The van der Waals surface area contributed by atoms with E-state index < -0.39 is 9.84 Å². The zero-order chi connectivity index (χ0) is 19.8. The van der Waals surface area contributed by atoms with Crippen LogP contribution in [0.2, 0.25) is 0 Å². The van der Waals surface area contributed by atoms with E-state index in [9.17, 15) is 13.2 Å². The van der Waals surface area contributed by atoms with Gasteiger partial charge >= 0.3 is 0 Å². The minimum atomic E-state index is -3.70. The third-order valence-electron chi connectivity index (χ3n) is 4.68. The molecule has 0 aliphatic rings. The summed E-state index contributed by atoms with van der Waals surface area (Å²) in [5.74, 6) is -0.172. The van der Waals surface area contributed by atoms with Crippen molar-refractivity contribution in [1.82, 2.24) is 0 Å². The lowest BCUT2D eigenvalue weighted by molar-refractivity contribution is 0.103. The molecule has 3 aromatic carbocycles. The number of carbonyl (C=O) groups excluding carboxylic acids is 1. The number of carbonyl (C=O) groups is 1. The van der Waals surface area contributed by atoms with Crippen LogP contribution in [0, 0.1) is 27.7 Å². The highest BCUT2D eigenvalue weighted by molar-refractivity contribution is 7.91. The predicted octanol–water partition coefficient (Wildman–Crippen LogP) is 4.98. The van der Waals surface area contributed by atoms with Crippen LogP contribution in [0.4, 0.5) is 0 Å². The third kappa shape index (κ3) is 3.71. The fourth-order valence-corrected chi connectivity index (χ4v) is 4.69. The van der Waals surface area contributed by atoms with Crippen molar-refractivity contribution >= 4 is 15.6 Å². The summed E-state index contributed by atoms with van der Waals surface area (Å²) in [5.41, 5.74) is 4.39. The Hall–Kier alpha value is -2.72. The van der Waals surface area contributed by atoms with Crippen molar-refractivity contribution in [3.63, 3.8) is 0 Å². The van der Waals surface area contributed by atoms with E-state index in [1.807, 2.05) is 45.0 Å². The molecule has 0 atom stereocenters. The average molecular weight is 378 g/mol. The molecule has 27 heavy (non-hydrogen) atoms. The zero-order valence-electron chi connectivity index (χ0n) is 15.9. The summed E-state index contributed by atoms with van der Waals surface area (Å²) < 4.78 is 26.3. The van der Waals surface area contributed by atoms with Crippen molar-refractivity contribution in [2.24, 2.45) is 0 Å². The van der Waals surface area contributed by atoms with Crippen LogP contribution in [0.1, 0.15) is 38.2 Å². The van der Waals surface area contributed by atoms with Gasteiger partial charge in [-0.25, -0.2) is 8.42 Å². The summed E-state index contributed by atoms with van der Waals surface area (Å²) >= 11 is 0. The normalized spacial score (nSPS) is 11.4. The van der Waals surface area contributed by atoms with Gasteiger partial charge in [0.1, 0.15) is 0 Å². The molecule has 138 valence electrons. The largest absolute Gasteiger partial charge is 0.289 e. The van der Waals surface area contributed by atoms with Gasteiger partial charge in [-0.05, 0) is 68.7 Å². The Labute approximate surface area is 160 Å². The summed E-state index contributed by atoms with van der Waals surface area (Å²) in [6, 6.07) is 17.3. The van der Waals surface area contributed by atoms with Crippen LogP contribution in [-0.4, -0.2) is 14.2 Å². The van der Waals surface area contributed by atoms with Gasteiger partial charge in [0.05, 0.1) is 9.79 Å². The molecule has 0 N–H and O–H groups in total. The van der Waals surface area contributed by atoms with Gasteiger partial charge in [-0.1, -0.05) is 42.0 Å². The second kappa shape index (κ2) is 7.12. The van der Waals surface area contributed by atoms with Crippen molar-refractivity contribution in [1.29, 1.82) is 0 Å². The number of aryl methyl sites for hydroxylation is 4. The van der Waals surface area contributed by atoms with Gasteiger partial charge < -0.3 is 0 Å². The lowest BCUT2D eigenvalue weighted by Crippen LogP contribution is -2.08. The van der Waals surface area contributed by atoms with Gasteiger partial charge in [-0.2, -0.15) is 0 Å². The predicted molar refractivity (Wildman–Crippen MR) is 107 cm³/mol. The number of ketones is 1. The summed E-state index contributed by atoms with van der Waals surface area (Å²) in [6.07, 6.45) is 0. The summed E-state index contributed by atoms with van der Waals surface area (Å²) in [5, 5.41) is 0. The van der Waals surface area contributed by atoms with Crippen LogP contribution in [0.3, 0.4) is 0 Å². The number of benzene rings is 3. The SMILES string of the molecule is Cc1ccc(C)c(C(=O)c2cccc(S(=O)(=O)c3cc(C)ccc3C)c2)c1. The maximum atomic E-state index is 13.1. The van der Waals surface area contributed by atoms with Gasteiger partial charge in [0.15, 0.2) is 5.78 Å². The van der Waals surface area contributed by atoms with Crippen molar-refractivity contribution in [2.45, 2.75) is 37.5 Å². The van der Waals surface area contributed by atoms with Crippen LogP contribution in [0.25, 0.3) is 0 Å². The van der Waals surface area contributed by atoms with Crippen LogP contribution >= 0.6 is 0 Å². The second-order valence-electron chi connectivity index (χ2n) is 6.95. The molecular weight excluding hydrogens is 356 g/mol. The van der Waals surface area contributed by atoms with Gasteiger partial charge in [0.25, 0.3) is 0 Å². The standard InChI is InChI=1S/C23H22O3S/c1-15-8-10-17(3)21(12-15)23(24)19-6-5-7-20(14-19)27(25,26)22-13-16(2)9-11-18(22)4/h5-14H,1-4H3. The van der Waals surface area contributed by atoms with E-state index in [1.54, 1.807) is 31.2 Å². The van der Waals surface area contributed by atoms with E-state index in [-0.39, 0.29) is 15.6 Å². The summed E-state index contributed by atoms with van der Waals surface area (Å²) in [7, 11) is -3.70. The molecule has 0 fully saturated rings. The minimum Gasteiger partial charge on any atom is -0.289 e. The van der Waals surface area contributed by atoms with Crippen LogP contribution < -0.4 is 0 Å². The van der Waals surface area contributed by atoms with E-state index in [1.165, 1.54) is 12.1 Å². The quantitative estimate of drug-likeness (QED) is 0.601. The van der Waals surface area contributed by atoms with Crippen molar-refractivity contribution < 1.29 is 13.2 Å². The number of rotatable bonds is 4. The topological polar surface area (TPSA) is 51.2 Å². The Morgan fingerprint density at radius 1 is 0.741 bits per heavy atom. The van der Waals surface area contributed by atoms with Crippen LogP contribution in [0.15, 0.2) is 70.5 Å². The van der Waals surface area contributed by atoms with Crippen molar-refractivity contribution in [3.8, 4) is 0 Å². The fraction of sp³-hybridized carbons (Fsp3) is 0.174. The number of hydrogen-bond donors (Lipinski definition) is 0. The van der Waals surface area contributed by atoms with E-state index >= 15 is 0 Å². The van der Waals surface area contributed by atoms with E-state index in [4.69, 9.17) is 0 Å². The smallest absolute Gasteiger partial charge is 0.206 e. The Morgan fingerprint density at radius 2 is 1.37 bits per heavy atom. The molecule has 0 amide bonds. The molecule has 4 heteroatoms. The highest BCUT2D eigenvalue weighted by Gasteiger charge is 2.22. The molecule has 0 spiro atoms. The molecule has 0 saturated heterocycles. The van der Waals surface area contributed by atoms with Gasteiger partial charge in [-0.15, -0.1) is 0 Å². The molecule has 0 unspecified atom stereocenters. The first-order valence-corrected chi connectivity index (χ1v) is 10.2. The first-order valence-electron chi connectivity index (χ1n) is 8.74. The number of hydrogen-bond acceptors (Lipinski definition) is 3. The minimum absolute atomic E-state index is 0.132. The monoisotopic (exact) mass is 378 g/mol. The highest BCUT2D eigenvalue weighted by Crippen LogP contribution is 2.26. The molecule has 0 heterocycles. The Bertz CT molecular complexity index is 1140. The molecular formula is C23H22O3S. The summed E-state index contributed by atoms with van der Waals surface area (Å²) in [6.45, 7) is 7.44.